The fourth-order valence-corrected chi connectivity index (χ4v) is 2.23. The second-order valence-corrected chi connectivity index (χ2v) is 4.16. The second kappa shape index (κ2) is 3.53. The maximum atomic E-state index is 10.8. The number of nitro groups is 1. The summed E-state index contributed by atoms with van der Waals surface area (Å²) >= 11 is 0. The van der Waals surface area contributed by atoms with Gasteiger partial charge in [-0.3, -0.25) is 10.1 Å². The van der Waals surface area contributed by atoms with E-state index in [1.54, 1.807) is 13.1 Å². The molecule has 0 aliphatic heterocycles. The van der Waals surface area contributed by atoms with Crippen molar-refractivity contribution in [1.82, 2.24) is 0 Å². The molecule has 0 saturated carbocycles. The van der Waals surface area contributed by atoms with Crippen LogP contribution in [0.5, 0.6) is 0 Å². The van der Waals surface area contributed by atoms with Crippen LogP contribution in [-0.2, 0) is 12.8 Å². The summed E-state index contributed by atoms with van der Waals surface area (Å²) in [7, 11) is 1.72. The molecule has 0 spiro atoms. The van der Waals surface area contributed by atoms with E-state index in [2.05, 4.69) is 12.2 Å². The zero-order chi connectivity index (χ0) is 11.0. The van der Waals surface area contributed by atoms with Gasteiger partial charge in [-0.05, 0) is 36.0 Å². The highest BCUT2D eigenvalue weighted by Crippen LogP contribution is 2.34. The van der Waals surface area contributed by atoms with Crippen LogP contribution in [-0.4, -0.2) is 12.0 Å². The lowest BCUT2D eigenvalue weighted by Gasteiger charge is -2.05. The molecule has 0 aromatic heterocycles. The van der Waals surface area contributed by atoms with E-state index in [1.165, 1.54) is 5.56 Å². The lowest BCUT2D eigenvalue weighted by Crippen LogP contribution is -1.98. The molecule has 0 radical (unpaired) electrons. The van der Waals surface area contributed by atoms with Crippen molar-refractivity contribution in [3.8, 4) is 0 Å². The molecule has 2 rings (SSSR count). The molecule has 4 heteroatoms. The normalized spacial score (nSPS) is 18.7. The summed E-state index contributed by atoms with van der Waals surface area (Å²) < 4.78 is 0. The molecular weight excluding hydrogens is 192 g/mol. The Balaban J connectivity index is 2.50. The molecule has 0 fully saturated rings. The monoisotopic (exact) mass is 206 g/mol. The Hall–Kier alpha value is -1.58. The molecule has 15 heavy (non-hydrogen) atoms. The minimum absolute atomic E-state index is 0.186. The zero-order valence-corrected chi connectivity index (χ0v) is 8.91. The van der Waals surface area contributed by atoms with Crippen LogP contribution in [0.15, 0.2) is 12.1 Å². The Bertz CT molecular complexity index is 415. The van der Waals surface area contributed by atoms with Gasteiger partial charge in [0.1, 0.15) is 5.69 Å². The quantitative estimate of drug-likeness (QED) is 0.597. The lowest BCUT2D eigenvalue weighted by atomic mass is 10.1. The summed E-state index contributed by atoms with van der Waals surface area (Å²) in [5.74, 6) is 0.603. The van der Waals surface area contributed by atoms with Gasteiger partial charge in [-0.1, -0.05) is 6.92 Å². The maximum absolute atomic E-state index is 10.8. The van der Waals surface area contributed by atoms with E-state index in [1.807, 2.05) is 6.07 Å². The number of hydrogen-bond acceptors (Lipinski definition) is 3. The first-order valence-electron chi connectivity index (χ1n) is 5.09. The van der Waals surface area contributed by atoms with Crippen molar-refractivity contribution >= 4 is 11.4 Å². The van der Waals surface area contributed by atoms with Crippen LogP contribution in [0.25, 0.3) is 0 Å². The van der Waals surface area contributed by atoms with Crippen LogP contribution in [0.4, 0.5) is 11.4 Å². The van der Waals surface area contributed by atoms with E-state index in [4.69, 9.17) is 0 Å². The summed E-state index contributed by atoms with van der Waals surface area (Å²) in [6, 6.07) is 3.63. The first-order valence-corrected chi connectivity index (χ1v) is 5.09. The largest absolute Gasteiger partial charge is 0.383 e. The van der Waals surface area contributed by atoms with E-state index in [0.29, 0.717) is 11.6 Å². The van der Waals surface area contributed by atoms with Crippen molar-refractivity contribution in [1.29, 1.82) is 0 Å². The number of rotatable bonds is 2. The van der Waals surface area contributed by atoms with Crippen molar-refractivity contribution in [2.24, 2.45) is 5.92 Å². The smallest absolute Gasteiger partial charge is 0.292 e. The molecule has 1 N–H and O–H groups in total. The molecule has 0 saturated heterocycles. The predicted octanol–water partition coefficient (Wildman–Crippen LogP) is 2.37. The van der Waals surface area contributed by atoms with Gasteiger partial charge in [0.25, 0.3) is 5.69 Å². The Labute approximate surface area is 88.5 Å². The molecule has 1 aromatic rings. The Morgan fingerprint density at radius 2 is 2.00 bits per heavy atom. The molecule has 1 aliphatic rings. The van der Waals surface area contributed by atoms with Gasteiger partial charge in [0.15, 0.2) is 0 Å². The van der Waals surface area contributed by atoms with Crippen LogP contribution in [0, 0.1) is 16.0 Å². The summed E-state index contributed by atoms with van der Waals surface area (Å²) in [6.07, 6.45) is 1.99. The first-order chi connectivity index (χ1) is 7.11. The molecule has 1 aromatic carbocycles. The fourth-order valence-electron chi connectivity index (χ4n) is 2.23. The molecule has 4 nitrogen and oxygen atoms in total. The number of nitrogens with zero attached hydrogens (tertiary/aromatic N) is 1. The average Bonchev–Trinajstić information content (AvgIpc) is 2.54. The number of fused-ring (bicyclic) bond motifs is 1. The van der Waals surface area contributed by atoms with Crippen molar-refractivity contribution < 1.29 is 4.92 Å². The summed E-state index contributed by atoms with van der Waals surface area (Å²) in [5, 5.41) is 13.7. The fraction of sp³-hybridized carbons (Fsp3) is 0.455. The van der Waals surface area contributed by atoms with Gasteiger partial charge in [-0.2, -0.15) is 0 Å². The Morgan fingerprint density at radius 3 is 2.53 bits per heavy atom. The Morgan fingerprint density at radius 1 is 1.40 bits per heavy atom. The summed E-state index contributed by atoms with van der Waals surface area (Å²) in [6.45, 7) is 2.17. The van der Waals surface area contributed by atoms with Crippen LogP contribution in [0.1, 0.15) is 18.1 Å². The van der Waals surface area contributed by atoms with Crippen LogP contribution in [0.3, 0.4) is 0 Å². The molecular formula is C11H14N2O2. The zero-order valence-electron chi connectivity index (χ0n) is 8.91. The maximum Gasteiger partial charge on any atom is 0.292 e. The van der Waals surface area contributed by atoms with Gasteiger partial charge in [-0.15, -0.1) is 0 Å². The van der Waals surface area contributed by atoms with Crippen LogP contribution in [0.2, 0.25) is 0 Å². The molecule has 0 bridgehead atoms. The number of nitro benzene ring substituents is 1. The third-order valence-corrected chi connectivity index (χ3v) is 2.92. The van der Waals surface area contributed by atoms with Crippen molar-refractivity contribution in [3.63, 3.8) is 0 Å². The molecule has 1 atom stereocenters. The first kappa shape index (κ1) is 9.96. The Kier molecular flexibility index (Phi) is 2.34. The van der Waals surface area contributed by atoms with Crippen LogP contribution >= 0.6 is 0 Å². The number of hydrogen-bond donors (Lipinski definition) is 1. The van der Waals surface area contributed by atoms with E-state index < -0.39 is 0 Å². The third kappa shape index (κ3) is 1.67. The SMILES string of the molecule is CNc1cc2c(cc1[N+](=O)[O-])CC(C)C2. The van der Waals surface area contributed by atoms with E-state index in [9.17, 15) is 10.1 Å². The highest BCUT2D eigenvalue weighted by molar-refractivity contribution is 5.65. The van der Waals surface area contributed by atoms with E-state index in [0.717, 1.165) is 18.4 Å². The van der Waals surface area contributed by atoms with E-state index in [-0.39, 0.29) is 10.6 Å². The highest BCUT2D eigenvalue weighted by atomic mass is 16.6. The third-order valence-electron chi connectivity index (χ3n) is 2.92. The van der Waals surface area contributed by atoms with Gasteiger partial charge >= 0.3 is 0 Å². The van der Waals surface area contributed by atoms with E-state index >= 15 is 0 Å². The van der Waals surface area contributed by atoms with Gasteiger partial charge in [0.05, 0.1) is 4.92 Å². The standard InChI is InChI=1S/C11H14N2O2/c1-7-3-8-5-10(12-2)11(13(14)15)6-9(8)4-7/h5-7,12H,3-4H2,1-2H3. The molecule has 0 heterocycles. The summed E-state index contributed by atoms with van der Waals surface area (Å²) in [4.78, 5) is 10.5. The van der Waals surface area contributed by atoms with Gasteiger partial charge in [-0.25, -0.2) is 0 Å². The highest BCUT2D eigenvalue weighted by Gasteiger charge is 2.23. The van der Waals surface area contributed by atoms with Gasteiger partial charge in [0.2, 0.25) is 0 Å². The lowest BCUT2D eigenvalue weighted by molar-refractivity contribution is -0.384. The van der Waals surface area contributed by atoms with Crippen LogP contribution < -0.4 is 5.32 Å². The minimum atomic E-state index is -0.324. The molecule has 1 unspecified atom stereocenters. The average molecular weight is 206 g/mol. The number of benzene rings is 1. The summed E-state index contributed by atoms with van der Waals surface area (Å²) in [5.41, 5.74) is 3.18. The second-order valence-electron chi connectivity index (χ2n) is 4.16. The minimum Gasteiger partial charge on any atom is -0.383 e. The molecule has 0 amide bonds. The number of nitrogens with one attached hydrogen (secondary N) is 1. The van der Waals surface area contributed by atoms with Crippen molar-refractivity contribution in [2.75, 3.05) is 12.4 Å². The van der Waals surface area contributed by atoms with Crippen molar-refractivity contribution in [3.05, 3.63) is 33.4 Å². The molecule has 1 aliphatic carbocycles. The topological polar surface area (TPSA) is 55.2 Å². The van der Waals surface area contributed by atoms with Crippen molar-refractivity contribution in [2.45, 2.75) is 19.8 Å². The predicted molar refractivity (Wildman–Crippen MR) is 59.2 cm³/mol. The van der Waals surface area contributed by atoms with Gasteiger partial charge in [0, 0.05) is 13.1 Å². The number of anilines is 1. The molecule has 80 valence electrons. The van der Waals surface area contributed by atoms with Gasteiger partial charge < -0.3 is 5.32 Å².